The van der Waals surface area contributed by atoms with E-state index in [2.05, 4.69) is 15.6 Å². The number of nitrogens with one attached hydrogen (secondary N) is 3. The van der Waals surface area contributed by atoms with Crippen LogP contribution in [0.4, 0.5) is 40.9 Å². The number of nitrogens with zero attached hydrogens (tertiary/aromatic N) is 1. The number of anilines is 1. The highest BCUT2D eigenvalue weighted by Gasteiger charge is 2.37. The summed E-state index contributed by atoms with van der Waals surface area (Å²) in [6, 6.07) is 6.32. The first-order chi connectivity index (χ1) is 19.6. The molecule has 0 spiro atoms. The molecule has 2 heterocycles. The molecule has 4 rings (SSSR count). The maximum Gasteiger partial charge on any atom is 0.408 e. The molecule has 15 heteroatoms. The molecule has 0 radical (unpaired) electrons. The average Bonchev–Trinajstić information content (AvgIpc) is 3.29. The first-order valence-electron chi connectivity index (χ1n) is 12.0. The predicted octanol–water partition coefficient (Wildman–Crippen LogP) is 6.45. The van der Waals surface area contributed by atoms with Crippen LogP contribution in [0, 0.1) is 11.6 Å². The quantitative estimate of drug-likeness (QED) is 0.212. The van der Waals surface area contributed by atoms with Gasteiger partial charge in [-0.2, -0.15) is 31.3 Å². The van der Waals surface area contributed by atoms with Gasteiger partial charge in [-0.15, -0.1) is 0 Å². The van der Waals surface area contributed by atoms with Gasteiger partial charge in [0.25, 0.3) is 11.8 Å². The topological polar surface area (TPSA) is 96.3 Å². The second-order valence-electron chi connectivity index (χ2n) is 9.03. The van der Waals surface area contributed by atoms with Crippen molar-refractivity contribution in [3.05, 3.63) is 71.3 Å². The molecule has 2 amide bonds. The van der Waals surface area contributed by atoms with Gasteiger partial charge < -0.3 is 20.4 Å². The van der Waals surface area contributed by atoms with Crippen molar-refractivity contribution in [2.45, 2.75) is 25.3 Å². The molecule has 0 aliphatic rings. The number of aromatic nitrogens is 1. The lowest BCUT2D eigenvalue weighted by atomic mass is 9.99. The molecule has 0 aliphatic heterocycles. The minimum atomic E-state index is -4.83. The fourth-order valence-corrected chi connectivity index (χ4v) is 3.94. The Morgan fingerprint density at radius 3 is 2.17 bits per heavy atom. The number of fused-ring (bicyclic) bond motifs is 1. The number of hydrogen-bond donors (Lipinski definition) is 3. The molecule has 1 atom stereocenters. The van der Waals surface area contributed by atoms with E-state index in [1.165, 1.54) is 25.2 Å². The van der Waals surface area contributed by atoms with E-state index in [0.717, 1.165) is 30.3 Å². The standard InChI is InChI=1S/C27H20F8N4O3/c1-12(27(33,34)35)38-23(40)17-9-14(5-8-19(17)29)16-10-18-20(24(41)36-2)21(13-3-6-15(28)7-4-13)42-25(18)39-22(16)37-11-26(30,31)32/h3-10,12H,11H2,1-2H3,(H,36,41)(H,37,39)(H,38,40). The van der Waals surface area contributed by atoms with Crippen LogP contribution >= 0.6 is 0 Å². The SMILES string of the molecule is CNC(=O)c1c(-c2ccc(F)cc2)oc2nc(NCC(F)(F)F)c(-c3ccc(F)c(C(=O)NC(C)C(F)(F)F)c3)cc12. The lowest BCUT2D eigenvalue weighted by Gasteiger charge is -2.18. The van der Waals surface area contributed by atoms with Crippen LogP contribution in [0.2, 0.25) is 0 Å². The van der Waals surface area contributed by atoms with Crippen LogP contribution in [0.5, 0.6) is 0 Å². The summed E-state index contributed by atoms with van der Waals surface area (Å²) in [5, 5.41) is 6.10. The number of pyridine rings is 1. The van der Waals surface area contributed by atoms with Gasteiger partial charge in [0.15, 0.2) is 0 Å². The molecule has 0 saturated heterocycles. The van der Waals surface area contributed by atoms with Gasteiger partial charge in [-0.3, -0.25) is 9.59 Å². The van der Waals surface area contributed by atoms with E-state index in [4.69, 9.17) is 4.42 Å². The molecule has 222 valence electrons. The van der Waals surface area contributed by atoms with Gasteiger partial charge >= 0.3 is 12.4 Å². The van der Waals surface area contributed by atoms with Crippen LogP contribution < -0.4 is 16.0 Å². The van der Waals surface area contributed by atoms with E-state index >= 15 is 0 Å². The summed E-state index contributed by atoms with van der Waals surface area (Å²) >= 11 is 0. The summed E-state index contributed by atoms with van der Waals surface area (Å²) in [7, 11) is 1.30. The Labute approximate surface area is 231 Å². The number of alkyl halides is 6. The first kappa shape index (κ1) is 30.3. The molecule has 0 fully saturated rings. The third-order valence-electron chi connectivity index (χ3n) is 6.06. The molecule has 1 unspecified atom stereocenters. The molecular weight excluding hydrogens is 580 g/mol. The summed E-state index contributed by atoms with van der Waals surface area (Å²) < 4.78 is 112. The monoisotopic (exact) mass is 600 g/mol. The Hall–Kier alpha value is -4.69. The minimum Gasteiger partial charge on any atom is -0.437 e. The summed E-state index contributed by atoms with van der Waals surface area (Å²) in [6.07, 6.45) is -9.54. The lowest BCUT2D eigenvalue weighted by molar-refractivity contribution is -0.149. The molecule has 0 aliphatic carbocycles. The number of carbonyl (C=O) groups excluding carboxylic acids is 2. The second-order valence-corrected chi connectivity index (χ2v) is 9.03. The Balaban J connectivity index is 1.92. The highest BCUT2D eigenvalue weighted by atomic mass is 19.4. The maximum absolute atomic E-state index is 14.6. The Bertz CT molecular complexity index is 1650. The van der Waals surface area contributed by atoms with E-state index in [0.29, 0.717) is 6.92 Å². The van der Waals surface area contributed by atoms with E-state index in [9.17, 15) is 44.7 Å². The Kier molecular flexibility index (Phi) is 8.14. The van der Waals surface area contributed by atoms with Gasteiger partial charge in [-0.05, 0) is 55.0 Å². The molecule has 0 saturated carbocycles. The summed E-state index contributed by atoms with van der Waals surface area (Å²) in [6.45, 7) is -0.932. The molecule has 3 N–H and O–H groups in total. The van der Waals surface area contributed by atoms with Crippen molar-refractivity contribution in [1.29, 1.82) is 0 Å². The van der Waals surface area contributed by atoms with Crippen molar-refractivity contribution in [2.75, 3.05) is 18.9 Å². The minimum absolute atomic E-state index is 0.0118. The Morgan fingerprint density at radius 2 is 1.57 bits per heavy atom. The van der Waals surface area contributed by atoms with E-state index in [1.54, 1.807) is 5.32 Å². The number of carbonyl (C=O) groups is 2. The number of furan rings is 1. The molecule has 4 aromatic rings. The normalized spacial score (nSPS) is 12.7. The van der Waals surface area contributed by atoms with Gasteiger partial charge in [0.1, 0.15) is 35.8 Å². The van der Waals surface area contributed by atoms with Crippen molar-refractivity contribution in [2.24, 2.45) is 0 Å². The van der Waals surface area contributed by atoms with Crippen LogP contribution in [0.25, 0.3) is 33.6 Å². The largest absolute Gasteiger partial charge is 0.437 e. The maximum atomic E-state index is 14.6. The van der Waals surface area contributed by atoms with Gasteiger partial charge in [-0.25, -0.2) is 8.78 Å². The molecule has 2 aromatic heterocycles. The first-order valence-corrected chi connectivity index (χ1v) is 12.0. The second kappa shape index (κ2) is 11.3. The molecule has 7 nitrogen and oxygen atoms in total. The summed E-state index contributed by atoms with van der Waals surface area (Å²) in [5.74, 6) is -4.45. The van der Waals surface area contributed by atoms with Crippen LogP contribution in [-0.2, 0) is 0 Å². The number of halogens is 8. The van der Waals surface area contributed by atoms with Gasteiger partial charge in [0, 0.05) is 18.2 Å². The summed E-state index contributed by atoms with van der Waals surface area (Å²) in [4.78, 5) is 29.5. The third-order valence-corrected chi connectivity index (χ3v) is 6.06. The van der Waals surface area contributed by atoms with E-state index in [-0.39, 0.29) is 39.1 Å². The fraction of sp³-hybridized carbons (Fsp3) is 0.222. The predicted molar refractivity (Wildman–Crippen MR) is 136 cm³/mol. The zero-order chi connectivity index (χ0) is 31.0. The van der Waals surface area contributed by atoms with Crippen LogP contribution in [-0.4, -0.2) is 48.8 Å². The van der Waals surface area contributed by atoms with E-state index in [1.807, 2.05) is 0 Å². The number of benzene rings is 2. The smallest absolute Gasteiger partial charge is 0.408 e. The highest BCUT2D eigenvalue weighted by molar-refractivity contribution is 6.11. The number of rotatable bonds is 7. The van der Waals surface area contributed by atoms with Crippen LogP contribution in [0.15, 0.2) is 52.9 Å². The fourth-order valence-electron chi connectivity index (χ4n) is 3.94. The van der Waals surface area contributed by atoms with Crippen molar-refractivity contribution in [3.8, 4) is 22.5 Å². The Morgan fingerprint density at radius 1 is 0.929 bits per heavy atom. The third kappa shape index (κ3) is 6.44. The zero-order valence-electron chi connectivity index (χ0n) is 21.6. The van der Waals surface area contributed by atoms with Gasteiger partial charge in [0.2, 0.25) is 5.71 Å². The average molecular weight is 600 g/mol. The van der Waals surface area contributed by atoms with Crippen LogP contribution in [0.1, 0.15) is 27.6 Å². The van der Waals surface area contributed by atoms with Crippen LogP contribution in [0.3, 0.4) is 0 Å². The van der Waals surface area contributed by atoms with Gasteiger partial charge in [0.05, 0.1) is 16.5 Å². The van der Waals surface area contributed by atoms with Crippen molar-refractivity contribution >= 4 is 28.7 Å². The van der Waals surface area contributed by atoms with Gasteiger partial charge in [-0.1, -0.05) is 6.07 Å². The van der Waals surface area contributed by atoms with Crippen molar-refractivity contribution in [1.82, 2.24) is 15.6 Å². The molecule has 2 aromatic carbocycles. The van der Waals surface area contributed by atoms with Crippen molar-refractivity contribution in [3.63, 3.8) is 0 Å². The zero-order valence-corrected chi connectivity index (χ0v) is 21.6. The number of amides is 2. The molecule has 42 heavy (non-hydrogen) atoms. The number of hydrogen-bond acceptors (Lipinski definition) is 5. The molecular formula is C27H20F8N4O3. The highest BCUT2D eigenvalue weighted by Crippen LogP contribution is 2.38. The van der Waals surface area contributed by atoms with E-state index < -0.39 is 59.8 Å². The summed E-state index contributed by atoms with van der Waals surface area (Å²) in [5.41, 5.74) is -1.28. The van der Waals surface area contributed by atoms with Crippen molar-refractivity contribution < 1.29 is 49.1 Å². The molecule has 0 bridgehead atoms. The lowest BCUT2D eigenvalue weighted by Crippen LogP contribution is -2.43.